The molecule has 0 saturated heterocycles. The van der Waals surface area contributed by atoms with E-state index in [0.717, 1.165) is 22.3 Å². The topological polar surface area (TPSA) is 24.9 Å². The van der Waals surface area contributed by atoms with Crippen LogP contribution < -0.4 is 5.32 Å². The third-order valence-electron chi connectivity index (χ3n) is 3.72. The third-order valence-corrected chi connectivity index (χ3v) is 4.03. The normalized spacial score (nSPS) is 11.0. The molecule has 0 radical (unpaired) electrons. The van der Waals surface area contributed by atoms with Gasteiger partial charge in [-0.2, -0.15) is 0 Å². The highest BCUT2D eigenvalue weighted by Gasteiger charge is 2.05. The lowest BCUT2D eigenvalue weighted by Crippen LogP contribution is -1.93. The van der Waals surface area contributed by atoms with Gasteiger partial charge in [0.15, 0.2) is 0 Å². The van der Waals surface area contributed by atoms with Gasteiger partial charge in [-0.1, -0.05) is 41.9 Å². The van der Waals surface area contributed by atoms with Crippen LogP contribution in [-0.2, 0) is 0 Å². The van der Waals surface area contributed by atoms with Gasteiger partial charge in [-0.15, -0.1) is 0 Å². The molecule has 0 atom stereocenters. The summed E-state index contributed by atoms with van der Waals surface area (Å²) in [6.45, 7) is 0. The third kappa shape index (κ3) is 2.38. The van der Waals surface area contributed by atoms with Crippen LogP contribution in [0, 0.1) is 0 Å². The standard InChI is InChI=1S/C19H13ClN2/c20-17-11-15-9-13-5-1-2-6-14(13)10-16(15)12-18(17)22-19-7-3-4-8-21-19/h1-12H,(H,21,22). The molecule has 4 rings (SSSR count). The molecule has 0 saturated carbocycles. The molecule has 0 bridgehead atoms. The van der Waals surface area contributed by atoms with Crippen molar-refractivity contribution >= 4 is 44.7 Å². The number of halogens is 1. The molecule has 0 spiro atoms. The Balaban J connectivity index is 1.86. The van der Waals surface area contributed by atoms with E-state index in [1.54, 1.807) is 6.20 Å². The van der Waals surface area contributed by atoms with Gasteiger partial charge in [-0.05, 0) is 57.9 Å². The van der Waals surface area contributed by atoms with Crippen LogP contribution in [0.1, 0.15) is 0 Å². The van der Waals surface area contributed by atoms with Crippen LogP contribution in [-0.4, -0.2) is 4.98 Å². The van der Waals surface area contributed by atoms with E-state index in [1.807, 2.05) is 30.3 Å². The van der Waals surface area contributed by atoms with Crippen molar-refractivity contribution < 1.29 is 0 Å². The van der Waals surface area contributed by atoms with Crippen LogP contribution in [0.3, 0.4) is 0 Å². The largest absolute Gasteiger partial charge is 0.339 e. The van der Waals surface area contributed by atoms with Gasteiger partial charge in [0.2, 0.25) is 0 Å². The van der Waals surface area contributed by atoms with Gasteiger partial charge in [0.05, 0.1) is 10.7 Å². The maximum absolute atomic E-state index is 6.41. The van der Waals surface area contributed by atoms with Crippen LogP contribution in [0.25, 0.3) is 21.5 Å². The Morgan fingerprint density at radius 3 is 2.09 bits per heavy atom. The summed E-state index contributed by atoms with van der Waals surface area (Å²) >= 11 is 6.41. The molecule has 4 aromatic rings. The molecule has 0 aliphatic carbocycles. The second kappa shape index (κ2) is 5.32. The van der Waals surface area contributed by atoms with Crippen LogP contribution >= 0.6 is 11.6 Å². The summed E-state index contributed by atoms with van der Waals surface area (Å²) in [6, 6.07) is 22.5. The lowest BCUT2D eigenvalue weighted by atomic mass is 10.0. The monoisotopic (exact) mass is 304 g/mol. The zero-order chi connectivity index (χ0) is 14.9. The highest BCUT2D eigenvalue weighted by molar-refractivity contribution is 6.34. The molecular weight excluding hydrogens is 292 g/mol. The number of pyridine rings is 1. The van der Waals surface area contributed by atoms with E-state index in [0.29, 0.717) is 5.02 Å². The average Bonchev–Trinajstić information content (AvgIpc) is 2.55. The van der Waals surface area contributed by atoms with Gasteiger partial charge in [0.1, 0.15) is 5.82 Å². The van der Waals surface area contributed by atoms with E-state index >= 15 is 0 Å². The van der Waals surface area contributed by atoms with Gasteiger partial charge in [0, 0.05) is 6.20 Å². The summed E-state index contributed by atoms with van der Waals surface area (Å²) in [5.41, 5.74) is 0.864. The fraction of sp³-hybridized carbons (Fsp3) is 0. The number of nitrogens with one attached hydrogen (secondary N) is 1. The Hall–Kier alpha value is -2.58. The summed E-state index contributed by atoms with van der Waals surface area (Å²) in [5.74, 6) is 0.782. The molecule has 0 aliphatic rings. The van der Waals surface area contributed by atoms with Gasteiger partial charge >= 0.3 is 0 Å². The lowest BCUT2D eigenvalue weighted by molar-refractivity contribution is 1.31. The lowest BCUT2D eigenvalue weighted by Gasteiger charge is -2.10. The zero-order valence-corrected chi connectivity index (χ0v) is 12.5. The number of benzene rings is 3. The minimum Gasteiger partial charge on any atom is -0.339 e. The molecule has 0 aliphatic heterocycles. The van der Waals surface area contributed by atoms with Crippen LogP contribution in [0.15, 0.2) is 72.9 Å². The van der Waals surface area contributed by atoms with E-state index in [2.05, 4.69) is 46.7 Å². The zero-order valence-electron chi connectivity index (χ0n) is 11.8. The van der Waals surface area contributed by atoms with E-state index in [9.17, 15) is 0 Å². The number of anilines is 2. The SMILES string of the molecule is Clc1cc2cc3ccccc3cc2cc1Nc1ccccn1. The number of nitrogens with zero attached hydrogens (tertiary/aromatic N) is 1. The Bertz CT molecular complexity index is 965. The van der Waals surface area contributed by atoms with Crippen LogP contribution in [0.2, 0.25) is 5.02 Å². The Labute approximate surface area is 133 Å². The maximum atomic E-state index is 6.41. The molecule has 106 valence electrons. The second-order valence-corrected chi connectivity index (χ2v) is 5.63. The van der Waals surface area contributed by atoms with Gasteiger partial charge in [-0.3, -0.25) is 0 Å². The smallest absolute Gasteiger partial charge is 0.130 e. The van der Waals surface area contributed by atoms with Crippen molar-refractivity contribution in [2.45, 2.75) is 0 Å². The van der Waals surface area contributed by atoms with Gasteiger partial charge < -0.3 is 5.32 Å². The quantitative estimate of drug-likeness (QED) is 0.474. The van der Waals surface area contributed by atoms with E-state index in [-0.39, 0.29) is 0 Å². The van der Waals surface area contributed by atoms with Crippen molar-refractivity contribution in [3.63, 3.8) is 0 Å². The first-order chi connectivity index (χ1) is 10.8. The fourth-order valence-electron chi connectivity index (χ4n) is 2.63. The van der Waals surface area contributed by atoms with Crippen molar-refractivity contribution in [1.82, 2.24) is 4.98 Å². The summed E-state index contributed by atoms with van der Waals surface area (Å²) in [7, 11) is 0. The molecule has 0 fully saturated rings. The minimum absolute atomic E-state index is 0.688. The minimum atomic E-state index is 0.688. The number of aromatic nitrogens is 1. The molecule has 3 heteroatoms. The van der Waals surface area contributed by atoms with E-state index < -0.39 is 0 Å². The summed E-state index contributed by atoms with van der Waals surface area (Å²) < 4.78 is 0. The van der Waals surface area contributed by atoms with Gasteiger partial charge in [-0.25, -0.2) is 4.98 Å². The van der Waals surface area contributed by atoms with Crippen LogP contribution in [0.5, 0.6) is 0 Å². The summed E-state index contributed by atoms with van der Waals surface area (Å²) in [5, 5.41) is 8.69. The molecule has 22 heavy (non-hydrogen) atoms. The van der Waals surface area contributed by atoms with Crippen molar-refractivity contribution in [3.05, 3.63) is 77.9 Å². The summed E-state index contributed by atoms with van der Waals surface area (Å²) in [6.07, 6.45) is 1.75. The van der Waals surface area contributed by atoms with Crippen molar-refractivity contribution in [2.24, 2.45) is 0 Å². The Morgan fingerprint density at radius 1 is 0.727 bits per heavy atom. The highest BCUT2D eigenvalue weighted by atomic mass is 35.5. The molecule has 1 N–H and O–H groups in total. The van der Waals surface area contributed by atoms with Gasteiger partial charge in [0.25, 0.3) is 0 Å². The highest BCUT2D eigenvalue weighted by Crippen LogP contribution is 2.32. The molecule has 0 amide bonds. The average molecular weight is 305 g/mol. The number of fused-ring (bicyclic) bond motifs is 2. The molecule has 1 aromatic heterocycles. The first-order valence-corrected chi connectivity index (χ1v) is 7.47. The molecule has 3 aromatic carbocycles. The van der Waals surface area contributed by atoms with E-state index in [4.69, 9.17) is 11.6 Å². The number of rotatable bonds is 2. The van der Waals surface area contributed by atoms with Crippen molar-refractivity contribution in [2.75, 3.05) is 5.32 Å². The molecule has 0 unspecified atom stereocenters. The Morgan fingerprint density at radius 2 is 1.41 bits per heavy atom. The maximum Gasteiger partial charge on any atom is 0.130 e. The molecular formula is C19H13ClN2. The van der Waals surface area contributed by atoms with E-state index in [1.165, 1.54) is 10.8 Å². The first kappa shape index (κ1) is 13.1. The second-order valence-electron chi connectivity index (χ2n) is 5.22. The predicted octanol–water partition coefficient (Wildman–Crippen LogP) is 5.79. The number of hydrogen-bond acceptors (Lipinski definition) is 2. The van der Waals surface area contributed by atoms with Crippen molar-refractivity contribution in [3.8, 4) is 0 Å². The molecule has 1 heterocycles. The first-order valence-electron chi connectivity index (χ1n) is 7.10. The fourth-order valence-corrected chi connectivity index (χ4v) is 2.85. The molecule has 2 nitrogen and oxygen atoms in total. The van der Waals surface area contributed by atoms with Crippen molar-refractivity contribution in [1.29, 1.82) is 0 Å². The number of hydrogen-bond donors (Lipinski definition) is 1. The predicted molar refractivity (Wildman–Crippen MR) is 94.0 cm³/mol. The Kier molecular flexibility index (Phi) is 3.17. The van der Waals surface area contributed by atoms with Crippen LogP contribution in [0.4, 0.5) is 11.5 Å². The summed E-state index contributed by atoms with van der Waals surface area (Å²) in [4.78, 5) is 4.28.